The highest BCUT2D eigenvalue weighted by Crippen LogP contribution is 2.21. The Morgan fingerprint density at radius 1 is 1.36 bits per heavy atom. The molecular formula is C10H9FN2O. The van der Waals surface area contributed by atoms with Crippen molar-refractivity contribution in [2.45, 2.75) is 6.92 Å². The molecular weight excluding hydrogens is 183 g/mol. The van der Waals surface area contributed by atoms with Gasteiger partial charge in [-0.1, -0.05) is 0 Å². The first-order valence-electron chi connectivity index (χ1n) is 4.34. The van der Waals surface area contributed by atoms with Gasteiger partial charge in [0, 0.05) is 0 Å². The van der Waals surface area contributed by atoms with E-state index in [4.69, 9.17) is 4.74 Å². The summed E-state index contributed by atoms with van der Waals surface area (Å²) in [5.41, 5.74) is 0.685. The third-order valence-electron chi connectivity index (χ3n) is 1.84. The van der Waals surface area contributed by atoms with Crippen LogP contribution in [-0.2, 0) is 0 Å². The summed E-state index contributed by atoms with van der Waals surface area (Å²) in [6.45, 7) is 2.36. The first-order valence-corrected chi connectivity index (χ1v) is 4.34. The molecule has 2 aromatic rings. The van der Waals surface area contributed by atoms with Crippen LogP contribution < -0.4 is 4.74 Å². The lowest BCUT2D eigenvalue weighted by Gasteiger charge is -2.04. The summed E-state index contributed by atoms with van der Waals surface area (Å²) < 4.78 is 18.2. The molecule has 1 heterocycles. The van der Waals surface area contributed by atoms with E-state index in [1.807, 2.05) is 6.92 Å². The fourth-order valence-corrected chi connectivity index (χ4v) is 1.26. The molecule has 0 amide bonds. The lowest BCUT2D eigenvalue weighted by atomic mass is 10.2. The van der Waals surface area contributed by atoms with E-state index in [1.165, 1.54) is 18.5 Å². The van der Waals surface area contributed by atoms with Crippen molar-refractivity contribution in [3.8, 4) is 5.88 Å². The summed E-state index contributed by atoms with van der Waals surface area (Å²) in [4.78, 5) is 7.95. The molecule has 0 N–H and O–H groups in total. The van der Waals surface area contributed by atoms with Crippen LogP contribution in [-0.4, -0.2) is 16.6 Å². The van der Waals surface area contributed by atoms with E-state index in [0.717, 1.165) is 0 Å². The fourth-order valence-electron chi connectivity index (χ4n) is 1.26. The minimum Gasteiger partial charge on any atom is -0.477 e. The van der Waals surface area contributed by atoms with Crippen LogP contribution in [0.4, 0.5) is 4.39 Å². The molecule has 0 saturated carbocycles. The van der Waals surface area contributed by atoms with Crippen LogP contribution in [0.15, 0.2) is 24.5 Å². The average Bonchev–Trinajstić information content (AvgIpc) is 2.19. The highest BCUT2D eigenvalue weighted by molar-refractivity contribution is 5.83. The number of nitrogens with zero attached hydrogens (tertiary/aromatic N) is 2. The summed E-state index contributed by atoms with van der Waals surface area (Å²) in [7, 11) is 0. The molecule has 0 unspecified atom stereocenters. The fraction of sp³-hybridized carbons (Fsp3) is 0.200. The second kappa shape index (κ2) is 3.57. The third-order valence-corrected chi connectivity index (χ3v) is 1.84. The third kappa shape index (κ3) is 1.51. The molecule has 0 saturated heterocycles. The molecule has 0 fully saturated rings. The van der Waals surface area contributed by atoms with Crippen molar-refractivity contribution in [1.29, 1.82) is 0 Å². The van der Waals surface area contributed by atoms with Gasteiger partial charge in [0.2, 0.25) is 5.88 Å². The van der Waals surface area contributed by atoms with Crippen molar-refractivity contribution < 1.29 is 9.13 Å². The number of hydrogen-bond donors (Lipinski definition) is 0. The Balaban J connectivity index is 2.64. The molecule has 0 aliphatic heterocycles. The molecule has 0 radical (unpaired) electrons. The van der Waals surface area contributed by atoms with Gasteiger partial charge in [-0.05, 0) is 25.1 Å². The maximum absolute atomic E-state index is 12.9. The zero-order valence-corrected chi connectivity index (χ0v) is 7.70. The topological polar surface area (TPSA) is 35.0 Å². The van der Waals surface area contributed by atoms with Gasteiger partial charge in [-0.3, -0.25) is 0 Å². The van der Waals surface area contributed by atoms with Gasteiger partial charge >= 0.3 is 0 Å². The number of halogens is 1. The predicted octanol–water partition coefficient (Wildman–Crippen LogP) is 2.17. The molecule has 1 aromatic heterocycles. The maximum Gasteiger partial charge on any atom is 0.224 e. The molecule has 2 rings (SSSR count). The number of rotatable bonds is 2. The summed E-state index contributed by atoms with van der Waals surface area (Å²) in [6.07, 6.45) is 1.41. The first-order chi connectivity index (χ1) is 6.81. The Morgan fingerprint density at radius 3 is 3.00 bits per heavy atom. The average molecular weight is 192 g/mol. The minimum absolute atomic E-state index is 0.312. The van der Waals surface area contributed by atoms with Crippen molar-refractivity contribution in [2.24, 2.45) is 0 Å². The standard InChI is InChI=1S/C10H9FN2O/c1-2-14-10-8-5-7(11)3-4-9(8)12-6-13-10/h3-6H,2H2,1H3. The molecule has 0 spiro atoms. The van der Waals surface area contributed by atoms with Gasteiger partial charge in [0.1, 0.15) is 12.1 Å². The van der Waals surface area contributed by atoms with Gasteiger partial charge in [0.15, 0.2) is 0 Å². The van der Waals surface area contributed by atoms with E-state index in [1.54, 1.807) is 6.07 Å². The van der Waals surface area contributed by atoms with Gasteiger partial charge < -0.3 is 4.74 Å². The maximum atomic E-state index is 12.9. The Labute approximate surface area is 80.6 Å². The smallest absolute Gasteiger partial charge is 0.224 e. The SMILES string of the molecule is CCOc1ncnc2ccc(F)cc12. The van der Waals surface area contributed by atoms with E-state index in [9.17, 15) is 4.39 Å². The van der Waals surface area contributed by atoms with Crippen molar-refractivity contribution in [3.05, 3.63) is 30.3 Å². The van der Waals surface area contributed by atoms with Gasteiger partial charge in [0.25, 0.3) is 0 Å². The Morgan fingerprint density at radius 2 is 2.21 bits per heavy atom. The molecule has 1 aromatic carbocycles. The molecule has 0 bridgehead atoms. The van der Waals surface area contributed by atoms with Crippen molar-refractivity contribution in [2.75, 3.05) is 6.61 Å². The van der Waals surface area contributed by atoms with Crippen LogP contribution in [0.5, 0.6) is 5.88 Å². The summed E-state index contributed by atoms with van der Waals surface area (Å²) in [5, 5.41) is 0.606. The molecule has 72 valence electrons. The highest BCUT2D eigenvalue weighted by atomic mass is 19.1. The number of aromatic nitrogens is 2. The molecule has 0 atom stereocenters. The number of benzene rings is 1. The first kappa shape index (κ1) is 8.87. The molecule has 14 heavy (non-hydrogen) atoms. The summed E-state index contributed by atoms with van der Waals surface area (Å²) >= 11 is 0. The largest absolute Gasteiger partial charge is 0.477 e. The Kier molecular flexibility index (Phi) is 2.26. The quantitative estimate of drug-likeness (QED) is 0.731. The number of fused-ring (bicyclic) bond motifs is 1. The minimum atomic E-state index is -0.312. The van der Waals surface area contributed by atoms with Crippen LogP contribution in [0.3, 0.4) is 0 Å². The van der Waals surface area contributed by atoms with E-state index in [-0.39, 0.29) is 5.82 Å². The molecule has 0 aliphatic carbocycles. The normalized spacial score (nSPS) is 10.4. The van der Waals surface area contributed by atoms with Crippen LogP contribution >= 0.6 is 0 Å². The van der Waals surface area contributed by atoms with Crippen LogP contribution in [0.25, 0.3) is 10.9 Å². The van der Waals surface area contributed by atoms with Crippen LogP contribution in [0.2, 0.25) is 0 Å². The van der Waals surface area contributed by atoms with E-state index < -0.39 is 0 Å². The number of hydrogen-bond acceptors (Lipinski definition) is 3. The number of ether oxygens (including phenoxy) is 1. The van der Waals surface area contributed by atoms with E-state index >= 15 is 0 Å². The predicted molar refractivity (Wildman–Crippen MR) is 50.7 cm³/mol. The zero-order valence-electron chi connectivity index (χ0n) is 7.70. The lowest BCUT2D eigenvalue weighted by molar-refractivity contribution is 0.330. The van der Waals surface area contributed by atoms with Gasteiger partial charge in [-0.25, -0.2) is 14.4 Å². The van der Waals surface area contributed by atoms with E-state index in [2.05, 4.69) is 9.97 Å². The van der Waals surface area contributed by atoms with Crippen molar-refractivity contribution >= 4 is 10.9 Å². The van der Waals surface area contributed by atoms with Gasteiger partial charge in [0.05, 0.1) is 17.5 Å². The van der Waals surface area contributed by atoms with Gasteiger partial charge in [-0.15, -0.1) is 0 Å². The van der Waals surface area contributed by atoms with Crippen LogP contribution in [0.1, 0.15) is 6.92 Å². The lowest BCUT2D eigenvalue weighted by Crippen LogP contribution is -1.96. The zero-order chi connectivity index (χ0) is 9.97. The molecule has 3 nitrogen and oxygen atoms in total. The highest BCUT2D eigenvalue weighted by Gasteiger charge is 2.04. The Bertz CT molecular complexity index is 459. The van der Waals surface area contributed by atoms with Gasteiger partial charge in [-0.2, -0.15) is 0 Å². The van der Waals surface area contributed by atoms with Crippen molar-refractivity contribution in [1.82, 2.24) is 9.97 Å². The van der Waals surface area contributed by atoms with Crippen LogP contribution in [0, 0.1) is 5.82 Å². The Hall–Kier alpha value is -1.71. The monoisotopic (exact) mass is 192 g/mol. The summed E-state index contributed by atoms with van der Waals surface area (Å²) in [6, 6.07) is 4.35. The van der Waals surface area contributed by atoms with E-state index in [0.29, 0.717) is 23.4 Å². The molecule has 0 aliphatic rings. The molecule has 4 heteroatoms. The van der Waals surface area contributed by atoms with Crippen molar-refractivity contribution in [3.63, 3.8) is 0 Å². The second-order valence-electron chi connectivity index (χ2n) is 2.77. The summed E-state index contributed by atoms with van der Waals surface area (Å²) in [5.74, 6) is 0.116. The second-order valence-corrected chi connectivity index (χ2v) is 2.77.